The van der Waals surface area contributed by atoms with E-state index in [0.717, 1.165) is 5.01 Å². The van der Waals surface area contributed by atoms with E-state index >= 15 is 0 Å². The van der Waals surface area contributed by atoms with Crippen LogP contribution >= 0.6 is 11.6 Å². The fourth-order valence-electron chi connectivity index (χ4n) is 1.90. The van der Waals surface area contributed by atoms with Crippen molar-refractivity contribution in [2.75, 3.05) is 12.4 Å². The number of benzene rings is 1. The maximum atomic E-state index is 12.0. The van der Waals surface area contributed by atoms with Crippen LogP contribution in [0.4, 0.5) is 5.69 Å². The third-order valence-corrected chi connectivity index (χ3v) is 3.56. The maximum Gasteiger partial charge on any atom is 0.355 e. The average molecular weight is 338 g/mol. The Bertz CT molecular complexity index is 674. The molecule has 122 valence electrons. The van der Waals surface area contributed by atoms with Crippen LogP contribution in [0.1, 0.15) is 19.8 Å². The van der Waals surface area contributed by atoms with E-state index in [4.69, 9.17) is 16.3 Å². The lowest BCUT2D eigenvalue weighted by Gasteiger charge is -2.20. The zero-order chi connectivity index (χ0) is 17.0. The van der Waals surface area contributed by atoms with Gasteiger partial charge in [0.25, 0.3) is 5.91 Å². The fraction of sp³-hybridized carbons (Fsp3) is 0.333. The predicted octanol–water partition coefficient (Wildman–Crippen LogP) is 1.82. The highest BCUT2D eigenvalue weighted by molar-refractivity contribution is 6.37. The van der Waals surface area contributed by atoms with Crippen LogP contribution in [0.25, 0.3) is 0 Å². The van der Waals surface area contributed by atoms with Gasteiger partial charge in [0.2, 0.25) is 5.91 Å². The summed E-state index contributed by atoms with van der Waals surface area (Å²) >= 11 is 5.95. The van der Waals surface area contributed by atoms with Crippen LogP contribution in [0.2, 0.25) is 5.02 Å². The van der Waals surface area contributed by atoms with E-state index < -0.39 is 18.0 Å². The number of amides is 2. The topological polar surface area (TPSA) is 88.1 Å². The third-order valence-electron chi connectivity index (χ3n) is 3.23. The van der Waals surface area contributed by atoms with Crippen molar-refractivity contribution in [2.24, 2.45) is 5.10 Å². The van der Waals surface area contributed by atoms with Gasteiger partial charge in [0, 0.05) is 19.9 Å². The van der Waals surface area contributed by atoms with Crippen LogP contribution in [0.3, 0.4) is 0 Å². The number of nitrogens with one attached hydrogen (secondary N) is 1. The standard InChI is InChI=1S/C15H16ClN3O4/c1-9(14(21)17-11-6-4-3-5-10(11)16)23-15(22)12-7-8-13(20)19(2)18-12/h3-6,9H,7-8H2,1-2H3,(H,17,21)/t9-/m0/s1. The van der Waals surface area contributed by atoms with Gasteiger partial charge in [-0.3, -0.25) is 9.59 Å². The zero-order valence-electron chi connectivity index (χ0n) is 12.7. The minimum absolute atomic E-state index is 0.115. The number of hydrazone groups is 1. The van der Waals surface area contributed by atoms with Crippen LogP contribution < -0.4 is 5.32 Å². The molecule has 23 heavy (non-hydrogen) atoms. The Morgan fingerprint density at radius 1 is 1.35 bits per heavy atom. The highest BCUT2D eigenvalue weighted by Gasteiger charge is 2.26. The van der Waals surface area contributed by atoms with Crippen LogP contribution in [-0.4, -0.2) is 41.7 Å². The number of nitrogens with zero attached hydrogens (tertiary/aromatic N) is 2. The molecule has 2 amide bonds. The Morgan fingerprint density at radius 3 is 2.70 bits per heavy atom. The molecule has 0 aliphatic carbocycles. The van der Waals surface area contributed by atoms with E-state index in [1.165, 1.54) is 14.0 Å². The highest BCUT2D eigenvalue weighted by atomic mass is 35.5. The summed E-state index contributed by atoms with van der Waals surface area (Å²) in [5.41, 5.74) is 0.548. The van der Waals surface area contributed by atoms with Crippen molar-refractivity contribution in [1.29, 1.82) is 0 Å². The minimum Gasteiger partial charge on any atom is -0.448 e. The first-order chi connectivity index (χ1) is 10.9. The first-order valence-electron chi connectivity index (χ1n) is 6.99. The molecular weight excluding hydrogens is 322 g/mol. The Kier molecular flexibility index (Phi) is 5.33. The molecule has 1 aliphatic rings. The molecule has 8 heteroatoms. The molecule has 1 heterocycles. The number of halogens is 1. The fourth-order valence-corrected chi connectivity index (χ4v) is 2.08. The van der Waals surface area contributed by atoms with E-state index in [-0.39, 0.29) is 24.5 Å². The Labute approximate surface area is 138 Å². The molecule has 0 aromatic heterocycles. The lowest BCUT2D eigenvalue weighted by molar-refractivity contribution is -0.146. The van der Waals surface area contributed by atoms with Crippen molar-refractivity contribution < 1.29 is 19.1 Å². The number of carbonyl (C=O) groups excluding carboxylic acids is 3. The van der Waals surface area contributed by atoms with Crippen molar-refractivity contribution in [3.63, 3.8) is 0 Å². The second-order valence-corrected chi connectivity index (χ2v) is 5.39. The number of rotatable bonds is 4. The molecule has 1 atom stereocenters. The van der Waals surface area contributed by atoms with Gasteiger partial charge in [-0.1, -0.05) is 23.7 Å². The second kappa shape index (κ2) is 7.23. The number of hydrogen-bond donors (Lipinski definition) is 1. The first kappa shape index (κ1) is 17.0. The lowest BCUT2D eigenvalue weighted by Crippen LogP contribution is -2.36. The van der Waals surface area contributed by atoms with Crippen LogP contribution in [0.5, 0.6) is 0 Å². The second-order valence-electron chi connectivity index (χ2n) is 4.98. The molecule has 1 aromatic carbocycles. The summed E-state index contributed by atoms with van der Waals surface area (Å²) in [4.78, 5) is 35.4. The van der Waals surface area contributed by atoms with E-state index in [0.29, 0.717) is 10.7 Å². The number of para-hydroxylation sites is 1. The number of carbonyl (C=O) groups is 3. The number of esters is 1. The van der Waals surface area contributed by atoms with Gasteiger partial charge in [-0.2, -0.15) is 5.10 Å². The summed E-state index contributed by atoms with van der Waals surface area (Å²) in [6.45, 7) is 1.45. The summed E-state index contributed by atoms with van der Waals surface area (Å²) < 4.78 is 5.08. The first-order valence-corrected chi connectivity index (χ1v) is 7.36. The SMILES string of the molecule is C[C@H](OC(=O)C1=NN(C)C(=O)CC1)C(=O)Nc1ccccc1Cl. The van der Waals surface area contributed by atoms with Gasteiger partial charge in [0.15, 0.2) is 6.10 Å². The smallest absolute Gasteiger partial charge is 0.355 e. The molecule has 2 rings (SSSR count). The van der Waals surface area contributed by atoms with E-state index in [1.807, 2.05) is 0 Å². The molecule has 0 spiro atoms. The van der Waals surface area contributed by atoms with Gasteiger partial charge in [-0.05, 0) is 19.1 Å². The monoisotopic (exact) mass is 337 g/mol. The van der Waals surface area contributed by atoms with Gasteiger partial charge in [-0.25, -0.2) is 9.80 Å². The van der Waals surface area contributed by atoms with E-state index in [1.54, 1.807) is 24.3 Å². The highest BCUT2D eigenvalue weighted by Crippen LogP contribution is 2.20. The molecule has 0 saturated heterocycles. The van der Waals surface area contributed by atoms with Gasteiger partial charge in [0.1, 0.15) is 5.71 Å². The quantitative estimate of drug-likeness (QED) is 0.849. The van der Waals surface area contributed by atoms with Crippen molar-refractivity contribution in [3.8, 4) is 0 Å². The molecule has 1 aromatic rings. The van der Waals surface area contributed by atoms with Crippen molar-refractivity contribution in [1.82, 2.24) is 5.01 Å². The summed E-state index contributed by atoms with van der Waals surface area (Å²) in [6.07, 6.45) is -0.643. The lowest BCUT2D eigenvalue weighted by atomic mass is 10.2. The largest absolute Gasteiger partial charge is 0.448 e. The molecule has 0 saturated carbocycles. The minimum atomic E-state index is -1.02. The molecule has 1 aliphatic heterocycles. The van der Waals surface area contributed by atoms with Crippen molar-refractivity contribution in [2.45, 2.75) is 25.9 Å². The summed E-state index contributed by atoms with van der Waals surface area (Å²) in [5, 5.41) is 7.91. The third kappa shape index (κ3) is 4.29. The van der Waals surface area contributed by atoms with Crippen molar-refractivity contribution >= 4 is 40.8 Å². The van der Waals surface area contributed by atoms with Crippen LogP contribution in [-0.2, 0) is 19.1 Å². The van der Waals surface area contributed by atoms with Gasteiger partial charge in [-0.15, -0.1) is 0 Å². The number of ether oxygens (including phenoxy) is 1. The van der Waals surface area contributed by atoms with Gasteiger partial charge >= 0.3 is 5.97 Å². The average Bonchev–Trinajstić information content (AvgIpc) is 2.52. The molecule has 0 unspecified atom stereocenters. The van der Waals surface area contributed by atoms with Crippen LogP contribution in [0.15, 0.2) is 29.4 Å². The molecule has 0 bridgehead atoms. The normalized spacial score (nSPS) is 15.7. The van der Waals surface area contributed by atoms with Gasteiger partial charge in [0.05, 0.1) is 10.7 Å². The Hall–Kier alpha value is -2.41. The summed E-state index contributed by atoms with van der Waals surface area (Å²) in [6, 6.07) is 6.74. The molecule has 0 radical (unpaired) electrons. The zero-order valence-corrected chi connectivity index (χ0v) is 13.5. The predicted molar refractivity (Wildman–Crippen MR) is 85.1 cm³/mol. The van der Waals surface area contributed by atoms with E-state index in [9.17, 15) is 14.4 Å². The molecule has 7 nitrogen and oxygen atoms in total. The summed E-state index contributed by atoms with van der Waals surface area (Å²) in [5.74, 6) is -1.40. The van der Waals surface area contributed by atoms with E-state index in [2.05, 4.69) is 10.4 Å². The molecule has 1 N–H and O–H groups in total. The van der Waals surface area contributed by atoms with Crippen LogP contribution in [0, 0.1) is 0 Å². The number of anilines is 1. The van der Waals surface area contributed by atoms with Gasteiger partial charge < -0.3 is 10.1 Å². The van der Waals surface area contributed by atoms with Crippen molar-refractivity contribution in [3.05, 3.63) is 29.3 Å². The molecule has 0 fully saturated rings. The Balaban J connectivity index is 1.96. The number of hydrogen-bond acceptors (Lipinski definition) is 5. The summed E-state index contributed by atoms with van der Waals surface area (Å²) in [7, 11) is 1.46. The Morgan fingerprint density at radius 2 is 2.04 bits per heavy atom. The molecular formula is C15H16ClN3O4. The maximum absolute atomic E-state index is 12.0.